The molecule has 112 valence electrons. The second kappa shape index (κ2) is 7.64. The van der Waals surface area contributed by atoms with Crippen LogP contribution in [0.2, 0.25) is 0 Å². The van der Waals surface area contributed by atoms with Crippen molar-refractivity contribution in [2.75, 3.05) is 20.8 Å². The summed E-state index contributed by atoms with van der Waals surface area (Å²) in [5, 5.41) is 3.50. The van der Waals surface area contributed by atoms with Crippen molar-refractivity contribution >= 4 is 0 Å². The van der Waals surface area contributed by atoms with Gasteiger partial charge in [0.2, 0.25) is 0 Å². The fourth-order valence-corrected chi connectivity index (χ4v) is 2.31. The zero-order valence-corrected chi connectivity index (χ0v) is 12.8. The third-order valence-electron chi connectivity index (χ3n) is 3.37. The first-order valence-corrected chi connectivity index (χ1v) is 7.13. The lowest BCUT2D eigenvalue weighted by molar-refractivity contribution is 0.391. The van der Waals surface area contributed by atoms with Crippen LogP contribution in [-0.4, -0.2) is 25.7 Å². The predicted octanol–water partition coefficient (Wildman–Crippen LogP) is 2.99. The van der Waals surface area contributed by atoms with Gasteiger partial charge in [0.05, 0.1) is 14.2 Å². The quantitative estimate of drug-likeness (QED) is 0.849. The van der Waals surface area contributed by atoms with Gasteiger partial charge in [-0.25, -0.2) is 0 Å². The van der Waals surface area contributed by atoms with E-state index >= 15 is 0 Å². The predicted molar refractivity (Wildman–Crippen MR) is 83.9 cm³/mol. The zero-order valence-electron chi connectivity index (χ0n) is 12.8. The van der Waals surface area contributed by atoms with Gasteiger partial charge in [0.15, 0.2) is 0 Å². The molecule has 1 heterocycles. The number of nitrogens with one attached hydrogen (secondary N) is 1. The molecule has 0 bridgehead atoms. The minimum atomic E-state index is 0.175. The molecule has 2 aromatic rings. The molecule has 4 heteroatoms. The molecule has 1 aromatic heterocycles. The molecule has 0 radical (unpaired) electrons. The fraction of sp³-hybridized carbons (Fsp3) is 0.353. The van der Waals surface area contributed by atoms with Crippen LogP contribution in [0.15, 0.2) is 42.6 Å². The van der Waals surface area contributed by atoms with E-state index in [0.717, 1.165) is 35.7 Å². The van der Waals surface area contributed by atoms with Crippen molar-refractivity contribution in [3.05, 3.63) is 53.9 Å². The fourth-order valence-electron chi connectivity index (χ4n) is 2.31. The Bertz CT molecular complexity index is 536. The molecule has 1 aromatic carbocycles. The number of nitrogens with zero attached hydrogens (tertiary/aromatic N) is 1. The molecular formula is C17H22N2O2. The number of methoxy groups -OCH3 is 2. The zero-order chi connectivity index (χ0) is 15.1. The summed E-state index contributed by atoms with van der Waals surface area (Å²) in [5.41, 5.74) is 2.20. The molecule has 1 N–H and O–H groups in total. The average Bonchev–Trinajstić information content (AvgIpc) is 2.55. The Morgan fingerprint density at radius 3 is 2.33 bits per heavy atom. The van der Waals surface area contributed by atoms with Crippen molar-refractivity contribution in [1.82, 2.24) is 10.3 Å². The van der Waals surface area contributed by atoms with Crippen LogP contribution in [0.5, 0.6) is 11.5 Å². The molecule has 0 aliphatic heterocycles. The lowest BCUT2D eigenvalue weighted by Gasteiger charge is -2.19. The van der Waals surface area contributed by atoms with E-state index in [1.165, 1.54) is 0 Å². The summed E-state index contributed by atoms with van der Waals surface area (Å²) in [6.45, 7) is 2.99. The maximum atomic E-state index is 5.35. The topological polar surface area (TPSA) is 43.4 Å². The summed E-state index contributed by atoms with van der Waals surface area (Å²) in [5.74, 6) is 1.60. The molecule has 1 unspecified atom stereocenters. The van der Waals surface area contributed by atoms with Gasteiger partial charge in [-0.1, -0.05) is 13.0 Å². The Labute approximate surface area is 126 Å². The summed E-state index contributed by atoms with van der Waals surface area (Å²) >= 11 is 0. The highest BCUT2D eigenvalue weighted by atomic mass is 16.5. The molecule has 0 fully saturated rings. The van der Waals surface area contributed by atoms with E-state index in [-0.39, 0.29) is 6.04 Å². The van der Waals surface area contributed by atoms with Crippen LogP contribution in [-0.2, 0) is 6.42 Å². The minimum Gasteiger partial charge on any atom is -0.497 e. The molecular weight excluding hydrogens is 264 g/mol. The Morgan fingerprint density at radius 2 is 1.81 bits per heavy atom. The lowest BCUT2D eigenvalue weighted by Crippen LogP contribution is -2.23. The maximum absolute atomic E-state index is 5.35. The van der Waals surface area contributed by atoms with Crippen molar-refractivity contribution in [2.24, 2.45) is 0 Å². The number of ether oxygens (including phenoxy) is 2. The summed E-state index contributed by atoms with van der Waals surface area (Å²) in [7, 11) is 3.33. The normalized spacial score (nSPS) is 12.0. The van der Waals surface area contributed by atoms with Crippen molar-refractivity contribution in [1.29, 1.82) is 0 Å². The van der Waals surface area contributed by atoms with Gasteiger partial charge >= 0.3 is 0 Å². The van der Waals surface area contributed by atoms with Crippen LogP contribution in [0, 0.1) is 0 Å². The summed E-state index contributed by atoms with van der Waals surface area (Å²) in [6.07, 6.45) is 2.65. The highest BCUT2D eigenvalue weighted by Crippen LogP contribution is 2.28. The van der Waals surface area contributed by atoms with Gasteiger partial charge in [-0.05, 0) is 36.4 Å². The first-order valence-electron chi connectivity index (χ1n) is 7.13. The monoisotopic (exact) mass is 286 g/mol. The highest BCUT2D eigenvalue weighted by Gasteiger charge is 2.14. The second-order valence-electron chi connectivity index (χ2n) is 4.78. The highest BCUT2D eigenvalue weighted by molar-refractivity contribution is 5.40. The van der Waals surface area contributed by atoms with Gasteiger partial charge in [-0.3, -0.25) is 4.98 Å². The van der Waals surface area contributed by atoms with Crippen molar-refractivity contribution in [2.45, 2.75) is 19.4 Å². The summed E-state index contributed by atoms with van der Waals surface area (Å²) < 4.78 is 10.7. The second-order valence-corrected chi connectivity index (χ2v) is 4.78. The van der Waals surface area contributed by atoms with E-state index in [9.17, 15) is 0 Å². The van der Waals surface area contributed by atoms with Gasteiger partial charge in [0.25, 0.3) is 0 Å². The van der Waals surface area contributed by atoms with E-state index in [2.05, 4.69) is 17.2 Å². The number of hydrogen-bond donors (Lipinski definition) is 1. The third-order valence-corrected chi connectivity index (χ3v) is 3.37. The van der Waals surface area contributed by atoms with E-state index in [0.29, 0.717) is 0 Å². The molecule has 2 rings (SSSR count). The molecule has 0 saturated heterocycles. The largest absolute Gasteiger partial charge is 0.497 e. The van der Waals surface area contributed by atoms with Crippen molar-refractivity contribution in [3.8, 4) is 11.5 Å². The molecule has 0 aliphatic rings. The van der Waals surface area contributed by atoms with Gasteiger partial charge < -0.3 is 14.8 Å². The van der Waals surface area contributed by atoms with Crippen LogP contribution in [0.25, 0.3) is 0 Å². The van der Waals surface area contributed by atoms with E-state index in [1.807, 2.05) is 42.6 Å². The Hall–Kier alpha value is -2.07. The van der Waals surface area contributed by atoms with Crippen LogP contribution < -0.4 is 14.8 Å². The SMILES string of the molecule is CCNC(Cc1ccccn1)c1cc(OC)cc(OC)c1. The molecule has 4 nitrogen and oxygen atoms in total. The standard InChI is InChI=1S/C17H22N2O2/c1-4-18-17(11-14-7-5-6-8-19-14)13-9-15(20-2)12-16(10-13)21-3/h5-10,12,17-18H,4,11H2,1-3H3. The van der Waals surface area contributed by atoms with Crippen LogP contribution in [0.3, 0.4) is 0 Å². The van der Waals surface area contributed by atoms with E-state index < -0.39 is 0 Å². The molecule has 21 heavy (non-hydrogen) atoms. The first-order chi connectivity index (χ1) is 10.3. The number of aromatic nitrogens is 1. The number of pyridine rings is 1. The minimum absolute atomic E-state index is 0.175. The van der Waals surface area contributed by atoms with Crippen molar-refractivity contribution in [3.63, 3.8) is 0 Å². The third kappa shape index (κ3) is 4.20. The van der Waals surface area contributed by atoms with E-state index in [4.69, 9.17) is 9.47 Å². The van der Waals surface area contributed by atoms with Gasteiger partial charge in [-0.2, -0.15) is 0 Å². The smallest absolute Gasteiger partial charge is 0.122 e. The number of rotatable bonds is 7. The molecule has 0 amide bonds. The van der Waals surface area contributed by atoms with E-state index in [1.54, 1.807) is 14.2 Å². The van der Waals surface area contributed by atoms with Crippen LogP contribution >= 0.6 is 0 Å². The Kier molecular flexibility index (Phi) is 5.58. The Morgan fingerprint density at radius 1 is 1.10 bits per heavy atom. The van der Waals surface area contributed by atoms with Gasteiger partial charge in [0.1, 0.15) is 11.5 Å². The van der Waals surface area contributed by atoms with Gasteiger partial charge in [-0.15, -0.1) is 0 Å². The molecule has 0 saturated carbocycles. The maximum Gasteiger partial charge on any atom is 0.122 e. The van der Waals surface area contributed by atoms with Crippen molar-refractivity contribution < 1.29 is 9.47 Å². The molecule has 1 atom stereocenters. The lowest BCUT2D eigenvalue weighted by atomic mass is 10.0. The average molecular weight is 286 g/mol. The summed E-state index contributed by atoms with van der Waals surface area (Å²) in [4.78, 5) is 4.41. The Balaban J connectivity index is 2.28. The number of hydrogen-bond acceptors (Lipinski definition) is 4. The number of likely N-dealkylation sites (N-methyl/N-ethyl adjacent to an activating group) is 1. The molecule has 0 spiro atoms. The summed E-state index contributed by atoms with van der Waals surface area (Å²) in [6, 6.07) is 12.1. The van der Waals surface area contributed by atoms with Crippen LogP contribution in [0.1, 0.15) is 24.2 Å². The molecule has 0 aliphatic carbocycles. The first kappa shape index (κ1) is 15.3. The van der Waals surface area contributed by atoms with Gasteiger partial charge in [0, 0.05) is 30.4 Å². The number of benzene rings is 1. The van der Waals surface area contributed by atoms with Crippen LogP contribution in [0.4, 0.5) is 0 Å².